The molecule has 0 radical (unpaired) electrons. The van der Waals surface area contributed by atoms with Gasteiger partial charge in [-0.1, -0.05) is 19.9 Å². The molecule has 0 saturated heterocycles. The van der Waals surface area contributed by atoms with Crippen molar-refractivity contribution in [2.75, 3.05) is 14.2 Å². The van der Waals surface area contributed by atoms with E-state index in [-0.39, 0.29) is 17.6 Å². The topological polar surface area (TPSA) is 109 Å². The number of phenols is 1. The van der Waals surface area contributed by atoms with Crippen molar-refractivity contribution in [2.45, 2.75) is 19.9 Å². The van der Waals surface area contributed by atoms with Crippen LogP contribution in [0.1, 0.15) is 29.8 Å². The fourth-order valence-electron chi connectivity index (χ4n) is 2.55. The van der Waals surface area contributed by atoms with Crippen LogP contribution in [-0.4, -0.2) is 43.4 Å². The molecule has 0 spiro atoms. The first-order valence-electron chi connectivity index (χ1n) is 9.01. The lowest BCUT2D eigenvalue weighted by molar-refractivity contribution is -0.123. The van der Waals surface area contributed by atoms with Crippen LogP contribution in [0.3, 0.4) is 0 Å². The summed E-state index contributed by atoms with van der Waals surface area (Å²) in [4.78, 5) is 25.0. The van der Waals surface area contributed by atoms with E-state index in [1.165, 1.54) is 13.3 Å². The summed E-state index contributed by atoms with van der Waals surface area (Å²) in [5, 5.41) is 16.6. The molecule has 0 heterocycles. The smallest absolute Gasteiger partial charge is 0.262 e. The van der Waals surface area contributed by atoms with E-state index in [1.807, 2.05) is 13.8 Å². The summed E-state index contributed by atoms with van der Waals surface area (Å²) >= 11 is 0. The highest BCUT2D eigenvalue weighted by Gasteiger charge is 2.24. The quantitative estimate of drug-likeness (QED) is 0.466. The lowest BCUT2D eigenvalue weighted by Gasteiger charge is -2.20. The van der Waals surface area contributed by atoms with E-state index >= 15 is 0 Å². The molecule has 29 heavy (non-hydrogen) atoms. The molecule has 8 heteroatoms. The average Bonchev–Trinajstić information content (AvgIpc) is 2.72. The molecule has 0 saturated carbocycles. The van der Waals surface area contributed by atoms with Crippen LogP contribution in [0.5, 0.6) is 17.2 Å². The summed E-state index contributed by atoms with van der Waals surface area (Å²) in [6.45, 7) is 3.63. The van der Waals surface area contributed by atoms with E-state index in [1.54, 1.807) is 49.6 Å². The van der Waals surface area contributed by atoms with Gasteiger partial charge in [0.15, 0.2) is 11.5 Å². The van der Waals surface area contributed by atoms with Crippen molar-refractivity contribution in [1.29, 1.82) is 0 Å². The fraction of sp³-hybridized carbons (Fsp3) is 0.286. The number of para-hydroxylation sites is 1. The molecule has 1 unspecified atom stereocenters. The Labute approximate surface area is 169 Å². The first kappa shape index (κ1) is 21.7. The first-order chi connectivity index (χ1) is 13.9. The van der Waals surface area contributed by atoms with Gasteiger partial charge in [-0.05, 0) is 42.3 Å². The van der Waals surface area contributed by atoms with E-state index in [0.29, 0.717) is 22.6 Å². The number of amides is 2. The Hall–Kier alpha value is -3.55. The molecule has 2 aromatic carbocycles. The number of carbonyl (C=O) groups is 2. The Morgan fingerprint density at radius 1 is 1.07 bits per heavy atom. The fourth-order valence-corrected chi connectivity index (χ4v) is 2.55. The number of rotatable bonds is 8. The van der Waals surface area contributed by atoms with Crippen LogP contribution in [0, 0.1) is 5.92 Å². The third kappa shape index (κ3) is 5.71. The lowest BCUT2D eigenvalue weighted by atomic mass is 10.0. The standard InChI is InChI=1S/C21H25N3O5/c1-13(2)18(23-20(26)14-8-10-16(28-3)11-9-14)21(27)24-22-12-15-6-5-7-17(29-4)19(15)25/h5-13,18,25H,1-4H3,(H,23,26)(H,24,27). The molecule has 0 aliphatic carbocycles. The maximum absolute atomic E-state index is 12.5. The highest BCUT2D eigenvalue weighted by Crippen LogP contribution is 2.27. The molecule has 0 bridgehead atoms. The van der Waals surface area contributed by atoms with Gasteiger partial charge in [-0.3, -0.25) is 9.59 Å². The first-order valence-corrected chi connectivity index (χ1v) is 9.01. The predicted octanol–water partition coefficient (Wildman–Crippen LogP) is 2.31. The third-order valence-corrected chi connectivity index (χ3v) is 4.22. The highest BCUT2D eigenvalue weighted by molar-refractivity contribution is 5.98. The Kier molecular flexibility index (Phi) is 7.59. The Bertz CT molecular complexity index is 878. The minimum absolute atomic E-state index is 0.0822. The normalized spacial score (nSPS) is 11.9. The van der Waals surface area contributed by atoms with Gasteiger partial charge in [0, 0.05) is 11.1 Å². The van der Waals surface area contributed by atoms with Gasteiger partial charge in [0.05, 0.1) is 20.4 Å². The molecule has 2 aromatic rings. The summed E-state index contributed by atoms with van der Waals surface area (Å²) in [5.41, 5.74) is 3.19. The Morgan fingerprint density at radius 3 is 2.34 bits per heavy atom. The molecular formula is C21H25N3O5. The summed E-state index contributed by atoms with van der Waals surface area (Å²) in [6.07, 6.45) is 1.30. The zero-order chi connectivity index (χ0) is 21.4. The minimum atomic E-state index is -0.791. The molecule has 1 atom stereocenters. The number of hydrazone groups is 1. The van der Waals surface area contributed by atoms with Crippen LogP contribution >= 0.6 is 0 Å². The van der Waals surface area contributed by atoms with Gasteiger partial charge in [-0.2, -0.15) is 5.10 Å². The molecule has 2 amide bonds. The number of ether oxygens (including phenoxy) is 2. The number of hydrogen-bond acceptors (Lipinski definition) is 6. The van der Waals surface area contributed by atoms with Crippen molar-refractivity contribution >= 4 is 18.0 Å². The van der Waals surface area contributed by atoms with E-state index in [4.69, 9.17) is 9.47 Å². The minimum Gasteiger partial charge on any atom is -0.504 e. The van der Waals surface area contributed by atoms with Crippen LogP contribution in [0.4, 0.5) is 0 Å². The highest BCUT2D eigenvalue weighted by atomic mass is 16.5. The van der Waals surface area contributed by atoms with E-state index < -0.39 is 11.9 Å². The molecule has 8 nitrogen and oxygen atoms in total. The number of benzene rings is 2. The van der Waals surface area contributed by atoms with E-state index in [9.17, 15) is 14.7 Å². The van der Waals surface area contributed by atoms with Crippen molar-refractivity contribution in [2.24, 2.45) is 11.0 Å². The van der Waals surface area contributed by atoms with Crippen molar-refractivity contribution in [1.82, 2.24) is 10.7 Å². The van der Waals surface area contributed by atoms with Crippen LogP contribution < -0.4 is 20.2 Å². The Morgan fingerprint density at radius 2 is 1.76 bits per heavy atom. The van der Waals surface area contributed by atoms with E-state index in [0.717, 1.165) is 0 Å². The second-order valence-corrected chi connectivity index (χ2v) is 6.56. The zero-order valence-corrected chi connectivity index (χ0v) is 16.8. The molecule has 154 valence electrons. The van der Waals surface area contributed by atoms with Crippen molar-refractivity contribution in [3.05, 3.63) is 53.6 Å². The molecule has 0 aliphatic rings. The third-order valence-electron chi connectivity index (χ3n) is 4.22. The second-order valence-electron chi connectivity index (χ2n) is 6.56. The summed E-state index contributed by atoms with van der Waals surface area (Å²) in [6, 6.07) is 10.7. The van der Waals surface area contributed by atoms with Gasteiger partial charge < -0.3 is 19.9 Å². The van der Waals surface area contributed by atoms with Gasteiger partial charge in [0.25, 0.3) is 11.8 Å². The zero-order valence-electron chi connectivity index (χ0n) is 16.8. The maximum Gasteiger partial charge on any atom is 0.262 e. The van der Waals surface area contributed by atoms with Crippen LogP contribution in [0.2, 0.25) is 0 Å². The van der Waals surface area contributed by atoms with Crippen molar-refractivity contribution in [3.8, 4) is 17.2 Å². The number of phenolic OH excluding ortho intramolecular Hbond substituents is 1. The average molecular weight is 399 g/mol. The molecule has 0 fully saturated rings. The van der Waals surface area contributed by atoms with Gasteiger partial charge in [-0.25, -0.2) is 5.43 Å². The number of carbonyl (C=O) groups excluding carboxylic acids is 2. The van der Waals surface area contributed by atoms with Gasteiger partial charge in [-0.15, -0.1) is 0 Å². The van der Waals surface area contributed by atoms with Crippen molar-refractivity contribution < 1.29 is 24.2 Å². The molecule has 0 aliphatic heterocycles. The number of nitrogens with zero attached hydrogens (tertiary/aromatic N) is 1. The summed E-state index contributed by atoms with van der Waals surface area (Å²) < 4.78 is 10.1. The van der Waals surface area contributed by atoms with Gasteiger partial charge in [0.2, 0.25) is 0 Å². The molecule has 3 N–H and O–H groups in total. The second kappa shape index (κ2) is 10.1. The Balaban J connectivity index is 2.04. The SMILES string of the molecule is COc1ccc(C(=O)NC(C(=O)NN=Cc2cccc(OC)c2O)C(C)C)cc1. The van der Waals surface area contributed by atoms with Gasteiger partial charge in [0.1, 0.15) is 11.8 Å². The summed E-state index contributed by atoms with van der Waals surface area (Å²) in [7, 11) is 2.98. The molecular weight excluding hydrogens is 374 g/mol. The largest absolute Gasteiger partial charge is 0.504 e. The van der Waals surface area contributed by atoms with Crippen LogP contribution in [0.25, 0.3) is 0 Å². The molecule has 0 aromatic heterocycles. The lowest BCUT2D eigenvalue weighted by Crippen LogP contribution is -2.48. The number of hydrogen-bond donors (Lipinski definition) is 3. The van der Waals surface area contributed by atoms with Crippen LogP contribution in [0.15, 0.2) is 47.6 Å². The number of nitrogens with one attached hydrogen (secondary N) is 2. The number of aromatic hydroxyl groups is 1. The van der Waals surface area contributed by atoms with Gasteiger partial charge >= 0.3 is 0 Å². The van der Waals surface area contributed by atoms with Crippen LogP contribution in [-0.2, 0) is 4.79 Å². The number of methoxy groups -OCH3 is 2. The predicted molar refractivity (Wildman–Crippen MR) is 109 cm³/mol. The van der Waals surface area contributed by atoms with Crippen molar-refractivity contribution in [3.63, 3.8) is 0 Å². The monoisotopic (exact) mass is 399 g/mol. The summed E-state index contributed by atoms with van der Waals surface area (Å²) in [5.74, 6) is -0.169. The van der Waals surface area contributed by atoms with E-state index in [2.05, 4.69) is 15.8 Å². The maximum atomic E-state index is 12.5. The molecule has 2 rings (SSSR count).